The van der Waals surface area contributed by atoms with Crippen molar-refractivity contribution in [3.05, 3.63) is 65.5 Å². The quantitative estimate of drug-likeness (QED) is 0.446. The third-order valence-corrected chi connectivity index (χ3v) is 3.62. The van der Waals surface area contributed by atoms with Crippen LogP contribution in [0.25, 0.3) is 22.1 Å². The Hall–Kier alpha value is -3.54. The molecule has 0 unspecified atom stereocenters. The molecule has 25 heavy (non-hydrogen) atoms. The van der Waals surface area contributed by atoms with E-state index < -0.39 is 11.4 Å². The van der Waals surface area contributed by atoms with E-state index in [1.807, 2.05) is 0 Å². The normalized spacial score (nSPS) is 10.4. The molecule has 0 aliphatic heterocycles. The lowest BCUT2D eigenvalue weighted by Gasteiger charge is -2.07. The van der Waals surface area contributed by atoms with Gasteiger partial charge in [-0.05, 0) is 17.7 Å². The molecule has 0 saturated carbocycles. The highest BCUT2D eigenvalue weighted by Gasteiger charge is 2.15. The number of esters is 1. The van der Waals surface area contributed by atoms with Crippen molar-refractivity contribution in [2.75, 3.05) is 7.11 Å². The van der Waals surface area contributed by atoms with Gasteiger partial charge in [-0.15, -0.1) is 0 Å². The van der Waals surface area contributed by atoms with E-state index in [0.717, 1.165) is 6.08 Å². The zero-order valence-electron chi connectivity index (χ0n) is 13.3. The summed E-state index contributed by atoms with van der Waals surface area (Å²) in [6.07, 6.45) is 2.29. The van der Waals surface area contributed by atoms with Gasteiger partial charge in [-0.25, -0.2) is 4.79 Å². The summed E-state index contributed by atoms with van der Waals surface area (Å²) in [4.78, 5) is 24.0. The van der Waals surface area contributed by atoms with Gasteiger partial charge in [-0.1, -0.05) is 18.7 Å². The fourth-order valence-corrected chi connectivity index (χ4v) is 2.39. The number of ether oxygens (including phenoxy) is 2. The summed E-state index contributed by atoms with van der Waals surface area (Å²) < 4.78 is 15.5. The molecule has 0 fully saturated rings. The first-order valence-electron chi connectivity index (χ1n) is 7.30. The molecule has 0 aliphatic carbocycles. The van der Waals surface area contributed by atoms with E-state index in [2.05, 4.69) is 6.58 Å². The first kappa shape index (κ1) is 16.3. The molecule has 2 aromatic carbocycles. The van der Waals surface area contributed by atoms with Crippen molar-refractivity contribution in [2.24, 2.45) is 0 Å². The summed E-state index contributed by atoms with van der Waals surface area (Å²) in [7, 11) is 1.55. The van der Waals surface area contributed by atoms with Crippen LogP contribution in [0.4, 0.5) is 0 Å². The number of methoxy groups -OCH3 is 1. The molecule has 3 aromatic rings. The second kappa shape index (κ2) is 6.52. The first-order valence-corrected chi connectivity index (χ1v) is 7.30. The van der Waals surface area contributed by atoms with Crippen molar-refractivity contribution in [2.45, 2.75) is 0 Å². The SMILES string of the molecule is C=CC(=O)Oc1cc(O)c2c(=O)c(-c3ccc(OC)cc3)coc2c1. The smallest absolute Gasteiger partial charge is 0.335 e. The molecule has 0 aliphatic rings. The fraction of sp³-hybridized carbons (Fsp3) is 0.0526. The fourth-order valence-electron chi connectivity index (χ4n) is 2.39. The van der Waals surface area contributed by atoms with E-state index in [4.69, 9.17) is 13.9 Å². The zero-order chi connectivity index (χ0) is 18.0. The second-order valence-corrected chi connectivity index (χ2v) is 5.15. The number of hydrogen-bond donors (Lipinski definition) is 1. The van der Waals surface area contributed by atoms with Gasteiger partial charge in [0, 0.05) is 18.2 Å². The van der Waals surface area contributed by atoms with Crippen LogP contribution in [-0.2, 0) is 4.79 Å². The number of aromatic hydroxyl groups is 1. The lowest BCUT2D eigenvalue weighted by atomic mass is 10.0. The Morgan fingerprint density at radius 2 is 1.92 bits per heavy atom. The first-order chi connectivity index (χ1) is 12.0. The van der Waals surface area contributed by atoms with Crippen molar-refractivity contribution < 1.29 is 23.8 Å². The molecule has 126 valence electrons. The Bertz CT molecular complexity index is 1010. The number of rotatable bonds is 4. The second-order valence-electron chi connectivity index (χ2n) is 5.15. The number of fused-ring (bicyclic) bond motifs is 1. The molecular formula is C19H14O6. The van der Waals surface area contributed by atoms with Crippen molar-refractivity contribution in [1.82, 2.24) is 0 Å². The van der Waals surface area contributed by atoms with Crippen LogP contribution >= 0.6 is 0 Å². The van der Waals surface area contributed by atoms with Gasteiger partial charge in [0.05, 0.1) is 12.7 Å². The summed E-state index contributed by atoms with van der Waals surface area (Å²) in [6.45, 7) is 3.29. The predicted octanol–water partition coefficient (Wildman–Crippen LogP) is 3.27. The molecule has 1 heterocycles. The van der Waals surface area contributed by atoms with E-state index in [0.29, 0.717) is 16.9 Å². The van der Waals surface area contributed by atoms with Crippen LogP contribution in [-0.4, -0.2) is 18.2 Å². The maximum Gasteiger partial charge on any atom is 0.335 e. The van der Waals surface area contributed by atoms with Crippen molar-refractivity contribution in [3.63, 3.8) is 0 Å². The number of phenols is 1. The molecule has 3 rings (SSSR count). The van der Waals surface area contributed by atoms with Gasteiger partial charge >= 0.3 is 5.97 Å². The molecule has 1 aromatic heterocycles. The minimum absolute atomic E-state index is 0.00622. The lowest BCUT2D eigenvalue weighted by Crippen LogP contribution is -2.07. The Kier molecular flexibility index (Phi) is 4.26. The van der Waals surface area contributed by atoms with E-state index in [-0.39, 0.29) is 22.5 Å². The molecule has 0 radical (unpaired) electrons. The summed E-state index contributed by atoms with van der Waals surface area (Å²) in [5.74, 6) is -0.315. The van der Waals surface area contributed by atoms with Crippen LogP contribution < -0.4 is 14.9 Å². The van der Waals surface area contributed by atoms with Crippen molar-refractivity contribution in [3.8, 4) is 28.4 Å². The summed E-state index contributed by atoms with van der Waals surface area (Å²) in [5, 5.41) is 10.2. The highest BCUT2D eigenvalue weighted by atomic mass is 16.5. The van der Waals surface area contributed by atoms with Gasteiger partial charge in [0.2, 0.25) is 5.43 Å². The van der Waals surface area contributed by atoms with Gasteiger partial charge < -0.3 is 19.0 Å². The number of phenolic OH excluding ortho intramolecular Hbond substituents is 1. The highest BCUT2D eigenvalue weighted by molar-refractivity contribution is 5.89. The van der Waals surface area contributed by atoms with Gasteiger partial charge in [0.25, 0.3) is 0 Å². The molecule has 0 saturated heterocycles. The minimum Gasteiger partial charge on any atom is -0.507 e. The predicted molar refractivity (Wildman–Crippen MR) is 92.0 cm³/mol. The number of hydrogen-bond acceptors (Lipinski definition) is 6. The van der Waals surface area contributed by atoms with Gasteiger partial charge in [-0.2, -0.15) is 0 Å². The van der Waals surface area contributed by atoms with Crippen LogP contribution in [0.2, 0.25) is 0 Å². The largest absolute Gasteiger partial charge is 0.507 e. The third-order valence-electron chi connectivity index (χ3n) is 3.62. The van der Waals surface area contributed by atoms with Crippen LogP contribution in [0.5, 0.6) is 17.2 Å². The minimum atomic E-state index is -0.684. The Morgan fingerprint density at radius 1 is 1.20 bits per heavy atom. The summed E-state index contributed by atoms with van der Waals surface area (Å²) in [6, 6.07) is 9.41. The number of carbonyl (C=O) groups is 1. The number of benzene rings is 2. The van der Waals surface area contributed by atoms with Crippen LogP contribution in [0.15, 0.2) is 64.5 Å². The summed E-state index contributed by atoms with van der Waals surface area (Å²) in [5.41, 5.74) is 0.624. The number of carbonyl (C=O) groups excluding carboxylic acids is 1. The molecule has 0 amide bonds. The standard InChI is InChI=1S/C19H14O6/c1-3-17(21)25-13-8-15(20)18-16(9-13)24-10-14(19(18)22)11-4-6-12(23-2)7-5-11/h3-10,20H,1H2,2H3. The van der Waals surface area contributed by atoms with E-state index >= 15 is 0 Å². The molecule has 6 nitrogen and oxygen atoms in total. The Morgan fingerprint density at radius 3 is 2.56 bits per heavy atom. The summed E-state index contributed by atoms with van der Waals surface area (Å²) >= 11 is 0. The van der Waals surface area contributed by atoms with Crippen LogP contribution in [0, 0.1) is 0 Å². The molecular weight excluding hydrogens is 324 g/mol. The maximum absolute atomic E-state index is 12.7. The maximum atomic E-state index is 12.7. The average Bonchev–Trinajstić information content (AvgIpc) is 2.61. The molecule has 6 heteroatoms. The molecule has 0 atom stereocenters. The van der Waals surface area contributed by atoms with E-state index in [1.54, 1.807) is 31.4 Å². The highest BCUT2D eigenvalue weighted by Crippen LogP contribution is 2.30. The van der Waals surface area contributed by atoms with Gasteiger partial charge in [0.15, 0.2) is 0 Å². The van der Waals surface area contributed by atoms with Crippen molar-refractivity contribution >= 4 is 16.9 Å². The Labute approximate surface area is 142 Å². The van der Waals surface area contributed by atoms with Crippen LogP contribution in [0.1, 0.15) is 0 Å². The van der Waals surface area contributed by atoms with Crippen molar-refractivity contribution in [1.29, 1.82) is 0 Å². The molecule has 1 N–H and O–H groups in total. The van der Waals surface area contributed by atoms with Crippen LogP contribution in [0.3, 0.4) is 0 Å². The van der Waals surface area contributed by atoms with Gasteiger partial charge in [0.1, 0.15) is 34.5 Å². The monoisotopic (exact) mass is 338 g/mol. The molecule has 0 spiro atoms. The zero-order valence-corrected chi connectivity index (χ0v) is 13.3. The lowest BCUT2D eigenvalue weighted by molar-refractivity contribution is -0.128. The average molecular weight is 338 g/mol. The van der Waals surface area contributed by atoms with E-state index in [1.165, 1.54) is 18.4 Å². The van der Waals surface area contributed by atoms with E-state index in [9.17, 15) is 14.7 Å². The Balaban J connectivity index is 2.12. The topological polar surface area (TPSA) is 86.0 Å². The van der Waals surface area contributed by atoms with Gasteiger partial charge in [-0.3, -0.25) is 4.79 Å². The molecule has 0 bridgehead atoms. The third kappa shape index (κ3) is 3.10.